The van der Waals surface area contributed by atoms with Crippen LogP contribution >= 0.6 is 0 Å². The number of carbonyl (C=O) groups excluding carboxylic acids is 16. The second-order valence-electron chi connectivity index (χ2n) is 43.1. The Morgan fingerprint density at radius 2 is 0.576 bits per heavy atom. The standard InChI is InChI=1S/C99H161N13O27/c1-59(2)56-72(110-84(122)73(57-76(115)135-95(13,14)15)111-81(119)69(47-35-39-55-103-90(129)139-99(25,26)27)108-85(123)77(60(3)132-92(4,5)6)112-91(130)131-58-65-63-42-30-28-40-61(63)62-41-29-31-43-64(62)65)83(121)106-67(45-33-37-53-101-88(127)137-97(19,20)21)79(117)107-70(48-50-74(113)133-93(7,8)9)82(120)105-66(44-32-36-52-100-87(126)136-96(16,17)18)78(116)104-68(46-34-38-54-102-89(128)138-98(22,23)24)80(118)109-71(86(124)125)49-51-75(114)134-94(10,11)12/h28-31,40-43,59-60,65-73,77H,32-39,44-58H2,1-27H3,(H,100,126)(H,101,127)(H,102,128)(H,103,129)(H,104,116)(H,105,120)(H,106,121)(H,107,117)(H,108,123)(H,109,118)(H,110,122)(H,111,119)(H,112,130)(H,124,125)/t60-,66+,67+,68+,69+,70+,71+,72+,73+,77+/m1/s1. The number of esters is 3. The number of amides is 13. The number of carbonyl (C=O) groups is 17. The maximum absolute atomic E-state index is 15.5. The molecule has 0 saturated carbocycles. The van der Waals surface area contributed by atoms with Crippen LogP contribution in [-0.4, -0.2) is 245 Å². The Labute approximate surface area is 819 Å². The van der Waals surface area contributed by atoms with Crippen LogP contribution < -0.4 is 69.1 Å². The zero-order chi connectivity index (χ0) is 106. The average molecular weight is 1970 g/mol. The highest BCUT2D eigenvalue weighted by Gasteiger charge is 2.41. The van der Waals surface area contributed by atoms with Crippen molar-refractivity contribution in [2.75, 3.05) is 32.8 Å². The van der Waals surface area contributed by atoms with E-state index in [1.54, 1.807) is 180 Å². The number of nitrogens with one attached hydrogen (secondary N) is 13. The number of fused-ring (bicyclic) bond motifs is 3. The third-order valence-electron chi connectivity index (χ3n) is 19.9. The molecule has 0 aliphatic heterocycles. The first-order valence-corrected chi connectivity index (χ1v) is 48.0. The quantitative estimate of drug-likeness (QED) is 0.0166. The Balaban J connectivity index is 2.28. The molecule has 0 aromatic heterocycles. The summed E-state index contributed by atoms with van der Waals surface area (Å²) in [6.45, 7) is 44.2. The second kappa shape index (κ2) is 56.0. The molecule has 0 bridgehead atoms. The van der Waals surface area contributed by atoms with Crippen LogP contribution in [0.15, 0.2) is 48.5 Å². The minimum Gasteiger partial charge on any atom is -0.480 e. The SMILES string of the molecule is CC(C)C[C@H](NC(=O)[C@H](CC(=O)OC(C)(C)C)NC(=O)[C@H](CCCCNC(=O)OC(C)(C)C)NC(=O)[C@@H](NC(=O)OCC1c2ccccc2-c2ccccc21)[C@@H](C)OC(C)(C)C)C(=O)N[C@@H](CCCCNC(=O)OC(C)(C)C)C(=O)N[C@@H](CCC(=O)OC(C)(C)C)C(=O)N[C@@H](CCCCNC(=O)OC(C)(C)C)C(=O)N[C@@H](CCCCNC(=O)OC(C)(C)C)C(=O)N[C@@H](CCC(=O)OC(C)(C)C)C(=O)O. The molecule has 784 valence electrons. The summed E-state index contributed by atoms with van der Waals surface area (Å²) in [4.78, 5) is 241. The van der Waals surface area contributed by atoms with Crippen molar-refractivity contribution in [3.05, 3.63) is 59.7 Å². The molecule has 1 aliphatic rings. The van der Waals surface area contributed by atoms with E-state index in [1.807, 2.05) is 48.5 Å². The van der Waals surface area contributed by atoms with Gasteiger partial charge in [-0.25, -0.2) is 28.8 Å². The van der Waals surface area contributed by atoms with Gasteiger partial charge in [0.25, 0.3) is 0 Å². The van der Waals surface area contributed by atoms with Crippen LogP contribution in [0.2, 0.25) is 0 Å². The molecule has 0 heterocycles. The van der Waals surface area contributed by atoms with Gasteiger partial charge in [0.2, 0.25) is 47.3 Å². The lowest BCUT2D eigenvalue weighted by molar-refractivity contribution is -0.157. The predicted octanol–water partition coefficient (Wildman–Crippen LogP) is 10.9. The number of hydrogen-bond donors (Lipinski definition) is 14. The fourth-order valence-electron chi connectivity index (χ4n) is 14.2. The molecule has 0 radical (unpaired) electrons. The molecule has 0 spiro atoms. The lowest BCUT2D eigenvalue weighted by atomic mass is 9.98. The third kappa shape index (κ3) is 52.3. The largest absolute Gasteiger partial charge is 0.480 e. The highest BCUT2D eigenvalue weighted by Crippen LogP contribution is 2.44. The summed E-state index contributed by atoms with van der Waals surface area (Å²) in [6.07, 6.45) is -8.39. The Hall–Kier alpha value is -11.6. The zero-order valence-corrected chi connectivity index (χ0v) is 86.9. The number of rotatable bonds is 52. The van der Waals surface area contributed by atoms with Crippen LogP contribution in [0.1, 0.15) is 320 Å². The number of carboxylic acid groups (broad SMARTS) is 1. The number of aliphatic carboxylic acids is 1. The van der Waals surface area contributed by atoms with Crippen molar-refractivity contribution in [3.8, 4) is 11.1 Å². The van der Waals surface area contributed by atoms with E-state index in [2.05, 4.69) is 69.1 Å². The van der Waals surface area contributed by atoms with E-state index >= 15 is 33.6 Å². The normalized spacial score (nSPS) is 14.5. The Morgan fingerprint density at radius 3 is 0.892 bits per heavy atom. The van der Waals surface area contributed by atoms with Gasteiger partial charge in [-0.2, -0.15) is 0 Å². The molecule has 0 saturated heterocycles. The van der Waals surface area contributed by atoms with Gasteiger partial charge in [0, 0.05) is 44.9 Å². The predicted molar refractivity (Wildman–Crippen MR) is 518 cm³/mol. The second-order valence-corrected chi connectivity index (χ2v) is 43.1. The van der Waals surface area contributed by atoms with Crippen molar-refractivity contribution >= 4 is 102 Å². The molecule has 13 amide bonds. The Bertz CT molecular complexity index is 4380. The monoisotopic (exact) mass is 1960 g/mol. The van der Waals surface area contributed by atoms with Crippen LogP contribution in [0, 0.1) is 5.92 Å². The van der Waals surface area contributed by atoms with Crippen LogP contribution in [0.3, 0.4) is 0 Å². The summed E-state index contributed by atoms with van der Waals surface area (Å²) in [5.74, 6) is -13.5. The fraction of sp³-hybridized carbons (Fsp3) is 0.707. The van der Waals surface area contributed by atoms with E-state index in [4.69, 9.17) is 42.6 Å². The molecule has 1 aliphatic carbocycles. The van der Waals surface area contributed by atoms with Gasteiger partial charge in [0.15, 0.2) is 0 Å². The summed E-state index contributed by atoms with van der Waals surface area (Å²) in [7, 11) is 0. The minimum absolute atomic E-state index is 0.0171. The van der Waals surface area contributed by atoms with E-state index in [9.17, 15) is 53.1 Å². The Kier molecular flexibility index (Phi) is 49.0. The summed E-state index contributed by atoms with van der Waals surface area (Å²) >= 11 is 0. The number of benzene rings is 2. The van der Waals surface area contributed by atoms with Gasteiger partial charge < -0.3 is 117 Å². The van der Waals surface area contributed by atoms with E-state index in [1.165, 1.54) is 6.92 Å². The molecular formula is C99H161N13O27. The van der Waals surface area contributed by atoms with Gasteiger partial charge >= 0.3 is 54.3 Å². The lowest BCUT2D eigenvalue weighted by Gasteiger charge is -2.32. The molecule has 3 rings (SSSR count). The smallest absolute Gasteiger partial charge is 0.407 e. The summed E-state index contributed by atoms with van der Waals surface area (Å²) < 4.78 is 50.5. The maximum Gasteiger partial charge on any atom is 0.407 e. The van der Waals surface area contributed by atoms with Crippen molar-refractivity contribution in [1.29, 1.82) is 0 Å². The first-order chi connectivity index (χ1) is 64.0. The molecule has 10 atom stereocenters. The first-order valence-electron chi connectivity index (χ1n) is 48.0. The van der Waals surface area contributed by atoms with Gasteiger partial charge in [-0.3, -0.25) is 52.7 Å². The number of carboxylic acids is 1. The number of hydrogen-bond acceptors (Lipinski definition) is 26. The molecule has 40 nitrogen and oxygen atoms in total. The zero-order valence-electron chi connectivity index (χ0n) is 86.9. The molecule has 139 heavy (non-hydrogen) atoms. The van der Waals surface area contributed by atoms with E-state index in [-0.39, 0.29) is 122 Å². The average Bonchev–Trinajstić information content (AvgIpc) is 1.61. The molecule has 0 unspecified atom stereocenters. The molecule has 14 N–H and O–H groups in total. The van der Waals surface area contributed by atoms with Crippen molar-refractivity contribution in [3.63, 3.8) is 0 Å². The summed E-state index contributed by atoms with van der Waals surface area (Å²) in [5.41, 5.74) is -3.84. The van der Waals surface area contributed by atoms with E-state index in [0.717, 1.165) is 22.3 Å². The number of alkyl carbamates (subject to hydrolysis) is 5. The molecule has 0 fully saturated rings. The molecule has 40 heteroatoms. The van der Waals surface area contributed by atoms with Crippen molar-refractivity contribution < 1.29 is 129 Å². The minimum atomic E-state index is -1.93. The van der Waals surface area contributed by atoms with Crippen LogP contribution in [0.4, 0.5) is 24.0 Å². The number of ether oxygens (including phenoxy) is 9. The van der Waals surface area contributed by atoms with Gasteiger partial charge in [-0.05, 0) is 298 Å². The fourth-order valence-corrected chi connectivity index (χ4v) is 14.2. The van der Waals surface area contributed by atoms with Crippen LogP contribution in [-0.2, 0) is 100 Å². The molecule has 2 aromatic carbocycles. The Morgan fingerprint density at radius 1 is 0.302 bits per heavy atom. The summed E-state index contributed by atoms with van der Waals surface area (Å²) in [5, 5.41) is 44.7. The summed E-state index contributed by atoms with van der Waals surface area (Å²) in [6, 6.07) is 0.156. The first kappa shape index (κ1) is 122. The molecule has 2 aromatic rings. The van der Waals surface area contributed by atoms with Crippen molar-refractivity contribution in [2.45, 2.75) is 414 Å². The van der Waals surface area contributed by atoms with Gasteiger partial charge in [-0.15, -0.1) is 0 Å². The topological polar surface area (TPSA) is 550 Å². The number of unbranched alkanes of at least 4 members (excludes halogenated alkanes) is 4. The van der Waals surface area contributed by atoms with Gasteiger partial charge in [0.1, 0.15) is 100 Å². The van der Waals surface area contributed by atoms with Crippen LogP contribution in [0.5, 0.6) is 0 Å². The highest BCUT2D eigenvalue weighted by molar-refractivity contribution is 5.99. The lowest BCUT2D eigenvalue weighted by Crippen LogP contribution is -2.61. The van der Waals surface area contributed by atoms with Gasteiger partial charge in [0.05, 0.1) is 18.1 Å². The van der Waals surface area contributed by atoms with E-state index in [0.29, 0.717) is 0 Å². The van der Waals surface area contributed by atoms with Crippen molar-refractivity contribution in [2.24, 2.45) is 5.92 Å². The van der Waals surface area contributed by atoms with Crippen molar-refractivity contribution in [1.82, 2.24) is 69.1 Å². The molecular weight excluding hydrogens is 1800 g/mol. The van der Waals surface area contributed by atoms with Crippen LogP contribution in [0.25, 0.3) is 11.1 Å². The van der Waals surface area contributed by atoms with Gasteiger partial charge in [-0.1, -0.05) is 62.4 Å². The third-order valence-corrected chi connectivity index (χ3v) is 19.9. The van der Waals surface area contributed by atoms with E-state index < -0.39 is 245 Å². The highest BCUT2D eigenvalue weighted by atomic mass is 16.6. The maximum atomic E-state index is 15.5.